The van der Waals surface area contributed by atoms with Crippen LogP contribution in [0, 0.1) is 0 Å². The predicted octanol–water partition coefficient (Wildman–Crippen LogP) is 1.55. The van der Waals surface area contributed by atoms with Crippen molar-refractivity contribution in [3.05, 3.63) is 30.3 Å². The van der Waals surface area contributed by atoms with Gasteiger partial charge in [-0.05, 0) is 31.4 Å². The second kappa shape index (κ2) is 8.44. The minimum atomic E-state index is -3.73. The third kappa shape index (κ3) is 4.79. The number of sulfonamides is 1. The highest BCUT2D eigenvalue weighted by atomic mass is 32.2. The van der Waals surface area contributed by atoms with Gasteiger partial charge in [0.25, 0.3) is 0 Å². The van der Waals surface area contributed by atoms with Crippen molar-refractivity contribution in [1.29, 1.82) is 0 Å². The monoisotopic (exact) mass is 368 g/mol. The summed E-state index contributed by atoms with van der Waals surface area (Å²) in [5, 5.41) is 8.70. The highest BCUT2D eigenvalue weighted by molar-refractivity contribution is 7.89. The first-order valence-corrected chi connectivity index (χ1v) is 9.81. The number of benzene rings is 1. The molecule has 0 bridgehead atoms. The summed E-state index contributed by atoms with van der Waals surface area (Å²) in [6.07, 6.45) is 2.32. The molecule has 8 heteroatoms. The molecule has 1 fully saturated rings. The number of hydrogen-bond donors (Lipinski definition) is 1. The van der Waals surface area contributed by atoms with E-state index in [-0.39, 0.29) is 17.2 Å². The molecule has 1 aliphatic rings. The maximum Gasteiger partial charge on any atom is 0.303 e. The van der Waals surface area contributed by atoms with Crippen LogP contribution in [0.4, 0.5) is 0 Å². The summed E-state index contributed by atoms with van der Waals surface area (Å²) < 4.78 is 27.1. The van der Waals surface area contributed by atoms with Crippen LogP contribution in [0.3, 0.4) is 0 Å². The molecule has 138 valence electrons. The van der Waals surface area contributed by atoms with E-state index in [0.29, 0.717) is 25.9 Å². The number of amides is 1. The molecule has 1 unspecified atom stereocenters. The van der Waals surface area contributed by atoms with Gasteiger partial charge >= 0.3 is 5.97 Å². The molecule has 0 saturated carbocycles. The van der Waals surface area contributed by atoms with E-state index < -0.39 is 22.0 Å². The van der Waals surface area contributed by atoms with E-state index in [1.807, 2.05) is 0 Å². The molecule has 1 N–H and O–H groups in total. The topological polar surface area (TPSA) is 95.0 Å². The largest absolute Gasteiger partial charge is 0.481 e. The minimum absolute atomic E-state index is 0.0195. The fourth-order valence-electron chi connectivity index (χ4n) is 3.00. The lowest BCUT2D eigenvalue weighted by Crippen LogP contribution is -2.52. The van der Waals surface area contributed by atoms with Crippen LogP contribution in [0.15, 0.2) is 35.2 Å². The first kappa shape index (κ1) is 19.4. The standard InChI is InChI=1S/C17H24N2O5S/c1-18(12-7-11-16(20)21)17(22)15-10-5-6-13-19(15)25(23,24)14-8-3-2-4-9-14/h2-4,8-9,15H,5-7,10-13H2,1H3,(H,20,21). The number of aliphatic carboxylic acids is 1. The number of piperidine rings is 1. The van der Waals surface area contributed by atoms with Crippen LogP contribution in [0.25, 0.3) is 0 Å². The number of carbonyl (C=O) groups excluding carboxylic acids is 1. The highest BCUT2D eigenvalue weighted by Crippen LogP contribution is 2.26. The van der Waals surface area contributed by atoms with Crippen molar-refractivity contribution in [2.45, 2.75) is 43.0 Å². The van der Waals surface area contributed by atoms with E-state index in [2.05, 4.69) is 0 Å². The summed E-state index contributed by atoms with van der Waals surface area (Å²) in [6, 6.07) is 7.39. The molecule has 1 saturated heterocycles. The molecular formula is C17H24N2O5S. The Morgan fingerprint density at radius 3 is 2.56 bits per heavy atom. The highest BCUT2D eigenvalue weighted by Gasteiger charge is 2.38. The Bertz CT molecular complexity index is 705. The van der Waals surface area contributed by atoms with Gasteiger partial charge in [-0.25, -0.2) is 8.42 Å². The quantitative estimate of drug-likeness (QED) is 0.788. The van der Waals surface area contributed by atoms with Crippen molar-refractivity contribution in [3.63, 3.8) is 0 Å². The van der Waals surface area contributed by atoms with E-state index in [0.717, 1.165) is 12.8 Å². The van der Waals surface area contributed by atoms with E-state index in [1.54, 1.807) is 25.2 Å². The molecule has 1 atom stereocenters. The van der Waals surface area contributed by atoms with Gasteiger partial charge in [0.05, 0.1) is 4.90 Å². The van der Waals surface area contributed by atoms with Crippen molar-refractivity contribution >= 4 is 21.9 Å². The Morgan fingerprint density at radius 2 is 1.92 bits per heavy atom. The number of nitrogens with zero attached hydrogens (tertiary/aromatic N) is 2. The van der Waals surface area contributed by atoms with Gasteiger partial charge in [-0.1, -0.05) is 24.6 Å². The van der Waals surface area contributed by atoms with E-state index >= 15 is 0 Å². The number of likely N-dealkylation sites (N-methyl/N-ethyl adjacent to an activating group) is 1. The Kier molecular flexibility index (Phi) is 6.55. The van der Waals surface area contributed by atoms with E-state index in [9.17, 15) is 18.0 Å². The van der Waals surface area contributed by atoms with Crippen LogP contribution in [-0.4, -0.2) is 60.8 Å². The number of carboxylic acid groups (broad SMARTS) is 1. The second-order valence-electron chi connectivity index (χ2n) is 6.20. The smallest absolute Gasteiger partial charge is 0.303 e. The molecule has 0 spiro atoms. The van der Waals surface area contributed by atoms with Crippen molar-refractivity contribution in [2.24, 2.45) is 0 Å². The SMILES string of the molecule is CN(CCCC(=O)O)C(=O)C1CCCCN1S(=O)(=O)c1ccccc1. The lowest BCUT2D eigenvalue weighted by atomic mass is 10.0. The Hall–Kier alpha value is -1.93. The molecule has 2 rings (SSSR count). The summed E-state index contributed by atoms with van der Waals surface area (Å²) in [7, 11) is -2.14. The predicted molar refractivity (Wildman–Crippen MR) is 92.5 cm³/mol. The molecule has 25 heavy (non-hydrogen) atoms. The van der Waals surface area contributed by atoms with Gasteiger partial charge in [-0.15, -0.1) is 0 Å². The van der Waals surface area contributed by atoms with Gasteiger partial charge in [-0.2, -0.15) is 4.31 Å². The van der Waals surface area contributed by atoms with E-state index in [1.165, 1.54) is 21.3 Å². The van der Waals surface area contributed by atoms with Gasteiger partial charge in [0.2, 0.25) is 15.9 Å². The summed E-state index contributed by atoms with van der Waals surface area (Å²) in [4.78, 5) is 25.0. The first-order chi connectivity index (χ1) is 11.8. The maximum atomic E-state index is 12.9. The zero-order valence-corrected chi connectivity index (χ0v) is 15.1. The number of carboxylic acids is 1. The molecule has 1 amide bonds. The molecular weight excluding hydrogens is 344 g/mol. The molecule has 1 aromatic rings. The minimum Gasteiger partial charge on any atom is -0.481 e. The molecule has 0 aliphatic carbocycles. The lowest BCUT2D eigenvalue weighted by molar-refractivity contribution is -0.138. The Labute approximate surface area is 148 Å². The van der Waals surface area contributed by atoms with Crippen LogP contribution in [0.2, 0.25) is 0 Å². The Morgan fingerprint density at radius 1 is 1.24 bits per heavy atom. The first-order valence-electron chi connectivity index (χ1n) is 8.37. The van der Waals surface area contributed by atoms with Gasteiger partial charge in [0.15, 0.2) is 0 Å². The normalized spacial score (nSPS) is 18.7. The van der Waals surface area contributed by atoms with Gasteiger partial charge in [-0.3, -0.25) is 9.59 Å². The average Bonchev–Trinajstić information content (AvgIpc) is 2.61. The summed E-state index contributed by atoms with van der Waals surface area (Å²) in [5.74, 6) is -1.18. The van der Waals surface area contributed by atoms with Crippen LogP contribution in [0.5, 0.6) is 0 Å². The van der Waals surface area contributed by atoms with Crippen molar-refractivity contribution in [1.82, 2.24) is 9.21 Å². The van der Waals surface area contributed by atoms with Crippen molar-refractivity contribution in [2.75, 3.05) is 20.1 Å². The van der Waals surface area contributed by atoms with Gasteiger partial charge < -0.3 is 10.0 Å². The summed E-state index contributed by atoms with van der Waals surface area (Å²) in [5.41, 5.74) is 0. The zero-order chi connectivity index (χ0) is 18.4. The van der Waals surface area contributed by atoms with Gasteiger partial charge in [0.1, 0.15) is 6.04 Å². The van der Waals surface area contributed by atoms with Gasteiger partial charge in [0, 0.05) is 26.6 Å². The number of carbonyl (C=O) groups is 2. The van der Waals surface area contributed by atoms with Crippen molar-refractivity contribution < 1.29 is 23.1 Å². The molecule has 1 heterocycles. The zero-order valence-electron chi connectivity index (χ0n) is 14.3. The molecule has 0 aromatic heterocycles. The third-order valence-corrected chi connectivity index (χ3v) is 6.27. The van der Waals surface area contributed by atoms with Crippen LogP contribution in [-0.2, 0) is 19.6 Å². The fourth-order valence-corrected chi connectivity index (χ4v) is 4.67. The van der Waals surface area contributed by atoms with E-state index in [4.69, 9.17) is 5.11 Å². The molecule has 1 aliphatic heterocycles. The second-order valence-corrected chi connectivity index (χ2v) is 8.09. The van der Waals surface area contributed by atoms with Crippen LogP contribution < -0.4 is 0 Å². The lowest BCUT2D eigenvalue weighted by Gasteiger charge is -2.35. The van der Waals surface area contributed by atoms with Crippen molar-refractivity contribution in [3.8, 4) is 0 Å². The number of rotatable bonds is 7. The van der Waals surface area contributed by atoms with Crippen LogP contribution >= 0.6 is 0 Å². The molecule has 1 aromatic carbocycles. The fraction of sp³-hybridized carbons (Fsp3) is 0.529. The average molecular weight is 368 g/mol. The van der Waals surface area contributed by atoms with Crippen LogP contribution in [0.1, 0.15) is 32.1 Å². The molecule has 7 nitrogen and oxygen atoms in total. The summed E-state index contributed by atoms with van der Waals surface area (Å²) >= 11 is 0. The third-order valence-electron chi connectivity index (χ3n) is 4.35. The number of hydrogen-bond acceptors (Lipinski definition) is 4. The molecule has 0 radical (unpaired) electrons. The Balaban J connectivity index is 2.14. The maximum absolute atomic E-state index is 12.9. The summed E-state index contributed by atoms with van der Waals surface area (Å²) in [6.45, 7) is 0.609.